The summed E-state index contributed by atoms with van der Waals surface area (Å²) < 4.78 is 15.9. The zero-order valence-corrected chi connectivity index (χ0v) is 21.4. The van der Waals surface area contributed by atoms with Crippen molar-refractivity contribution in [2.24, 2.45) is 0 Å². The third kappa shape index (κ3) is 10.3. The molecule has 0 spiro atoms. The number of aliphatic hydroxyl groups is 1. The number of aromatic nitrogens is 1. The van der Waals surface area contributed by atoms with Crippen LogP contribution in [0.4, 0.5) is 9.59 Å². The molecule has 2 heterocycles. The van der Waals surface area contributed by atoms with E-state index in [0.29, 0.717) is 12.8 Å². The van der Waals surface area contributed by atoms with Crippen molar-refractivity contribution in [3.8, 4) is 0 Å². The summed E-state index contributed by atoms with van der Waals surface area (Å²) in [5.41, 5.74) is 1.87. The lowest BCUT2D eigenvalue weighted by Gasteiger charge is -2.29. The molecule has 0 aliphatic carbocycles. The molecular formula is C28H35N3O6. The first-order valence-electron chi connectivity index (χ1n) is 12.2. The molecule has 3 N–H and O–H groups in total. The van der Waals surface area contributed by atoms with E-state index in [1.165, 1.54) is 0 Å². The number of amides is 2. The van der Waals surface area contributed by atoms with Crippen LogP contribution in [-0.2, 0) is 28.9 Å². The van der Waals surface area contributed by atoms with Gasteiger partial charge >= 0.3 is 12.2 Å². The number of carbonyl (C=O) groups excluding carboxylic acids is 2. The number of carbonyl (C=O) groups is 2. The highest BCUT2D eigenvalue weighted by molar-refractivity contribution is 5.68. The quantitative estimate of drug-likeness (QED) is 0.350. The van der Waals surface area contributed by atoms with Gasteiger partial charge in [0.1, 0.15) is 12.2 Å². The van der Waals surface area contributed by atoms with Gasteiger partial charge in [-0.1, -0.05) is 36.4 Å². The number of hydrogen-bond acceptors (Lipinski definition) is 7. The Bertz CT molecular complexity index is 1080. The summed E-state index contributed by atoms with van der Waals surface area (Å²) in [5, 5.41) is 16.9. The van der Waals surface area contributed by atoms with E-state index in [9.17, 15) is 14.7 Å². The fraction of sp³-hybridized carbons (Fsp3) is 0.393. The second-order valence-corrected chi connectivity index (χ2v) is 9.86. The molecule has 198 valence electrons. The monoisotopic (exact) mass is 509 g/mol. The third-order valence-electron chi connectivity index (χ3n) is 5.47. The highest BCUT2D eigenvalue weighted by Gasteiger charge is 2.28. The molecular weight excluding hydrogens is 474 g/mol. The van der Waals surface area contributed by atoms with Gasteiger partial charge in [0.15, 0.2) is 0 Å². The molecule has 0 aliphatic heterocycles. The molecule has 3 aromatic rings. The summed E-state index contributed by atoms with van der Waals surface area (Å²) in [5.74, 6) is 0. The minimum atomic E-state index is -0.997. The van der Waals surface area contributed by atoms with E-state index in [4.69, 9.17) is 13.9 Å². The number of benzene rings is 1. The Morgan fingerprint density at radius 3 is 2.38 bits per heavy atom. The van der Waals surface area contributed by atoms with Crippen LogP contribution in [0.3, 0.4) is 0 Å². The molecule has 0 bridgehead atoms. The molecule has 0 fully saturated rings. The molecule has 0 saturated carbocycles. The van der Waals surface area contributed by atoms with Gasteiger partial charge < -0.3 is 29.6 Å². The molecule has 0 unspecified atom stereocenters. The Labute approximate surface area is 217 Å². The van der Waals surface area contributed by atoms with E-state index in [0.717, 1.165) is 16.7 Å². The third-order valence-corrected chi connectivity index (χ3v) is 5.47. The fourth-order valence-corrected chi connectivity index (χ4v) is 3.79. The van der Waals surface area contributed by atoms with Gasteiger partial charge in [-0.2, -0.15) is 0 Å². The van der Waals surface area contributed by atoms with Crippen LogP contribution in [0.5, 0.6) is 0 Å². The molecule has 0 radical (unpaired) electrons. The second kappa shape index (κ2) is 13.5. The minimum Gasteiger partial charge on any atom is -0.472 e. The van der Waals surface area contributed by atoms with Crippen molar-refractivity contribution in [2.45, 2.75) is 70.4 Å². The van der Waals surface area contributed by atoms with Crippen molar-refractivity contribution in [2.75, 3.05) is 0 Å². The molecule has 9 nitrogen and oxygen atoms in total. The van der Waals surface area contributed by atoms with Crippen LogP contribution in [0.2, 0.25) is 0 Å². The predicted octanol–water partition coefficient (Wildman–Crippen LogP) is 4.40. The number of hydrogen-bond donors (Lipinski definition) is 3. The summed E-state index contributed by atoms with van der Waals surface area (Å²) in [4.78, 5) is 29.1. The van der Waals surface area contributed by atoms with Crippen molar-refractivity contribution in [3.05, 3.63) is 90.1 Å². The lowest BCUT2D eigenvalue weighted by atomic mass is 9.94. The SMILES string of the molecule is CC(C)(C)OC(=O)N[C@@H](Cc1ccccc1)[C@@H](O)C[C@H](Cc1ccoc1)NC(=O)OCc1cccnc1. The summed E-state index contributed by atoms with van der Waals surface area (Å²) in [6.45, 7) is 5.39. The first kappa shape index (κ1) is 27.7. The van der Waals surface area contributed by atoms with E-state index in [1.807, 2.05) is 36.4 Å². The van der Waals surface area contributed by atoms with Gasteiger partial charge in [0, 0.05) is 24.0 Å². The fourth-order valence-electron chi connectivity index (χ4n) is 3.79. The van der Waals surface area contributed by atoms with Gasteiger partial charge in [0.25, 0.3) is 0 Å². The van der Waals surface area contributed by atoms with E-state index in [2.05, 4.69) is 15.6 Å². The largest absolute Gasteiger partial charge is 0.472 e. The Balaban J connectivity index is 1.69. The Morgan fingerprint density at radius 2 is 1.73 bits per heavy atom. The second-order valence-electron chi connectivity index (χ2n) is 9.86. The number of furan rings is 1. The highest BCUT2D eigenvalue weighted by atomic mass is 16.6. The van der Waals surface area contributed by atoms with Gasteiger partial charge in [-0.3, -0.25) is 4.98 Å². The first-order valence-corrected chi connectivity index (χ1v) is 12.2. The summed E-state index contributed by atoms with van der Waals surface area (Å²) in [6.07, 6.45) is 5.09. The number of nitrogens with one attached hydrogen (secondary N) is 2. The van der Waals surface area contributed by atoms with Crippen molar-refractivity contribution in [3.63, 3.8) is 0 Å². The smallest absolute Gasteiger partial charge is 0.407 e. The molecule has 2 amide bonds. The van der Waals surface area contributed by atoms with Crippen molar-refractivity contribution in [1.29, 1.82) is 0 Å². The Kier molecular flexibility index (Phi) is 10.1. The molecule has 2 aromatic heterocycles. The molecule has 3 atom stereocenters. The van der Waals surface area contributed by atoms with Crippen LogP contribution in [-0.4, -0.2) is 46.1 Å². The van der Waals surface area contributed by atoms with Crippen molar-refractivity contribution < 1.29 is 28.6 Å². The van der Waals surface area contributed by atoms with Crippen LogP contribution in [0.1, 0.15) is 43.9 Å². The van der Waals surface area contributed by atoms with E-state index < -0.39 is 36.0 Å². The average molecular weight is 510 g/mol. The van der Waals surface area contributed by atoms with Gasteiger partial charge in [0.2, 0.25) is 0 Å². The number of aliphatic hydroxyl groups excluding tert-OH is 1. The topological polar surface area (TPSA) is 123 Å². The van der Waals surface area contributed by atoms with Gasteiger partial charge in [-0.05, 0) is 63.3 Å². The number of pyridine rings is 1. The average Bonchev–Trinajstić information content (AvgIpc) is 3.35. The lowest BCUT2D eigenvalue weighted by molar-refractivity contribution is 0.0397. The van der Waals surface area contributed by atoms with E-state index in [1.54, 1.807) is 57.8 Å². The maximum Gasteiger partial charge on any atom is 0.407 e. The molecule has 1 aromatic carbocycles. The predicted molar refractivity (Wildman–Crippen MR) is 138 cm³/mol. The van der Waals surface area contributed by atoms with Crippen LogP contribution in [0.25, 0.3) is 0 Å². The number of nitrogens with zero attached hydrogens (tertiary/aromatic N) is 1. The Hall–Kier alpha value is -3.85. The Morgan fingerprint density at radius 1 is 0.973 bits per heavy atom. The zero-order valence-electron chi connectivity index (χ0n) is 21.4. The zero-order chi connectivity index (χ0) is 26.7. The highest BCUT2D eigenvalue weighted by Crippen LogP contribution is 2.16. The lowest BCUT2D eigenvalue weighted by Crippen LogP contribution is -2.49. The molecule has 37 heavy (non-hydrogen) atoms. The standard InChI is InChI=1S/C28H35N3O6/c1-28(2,3)37-27(34)31-24(15-20-8-5-4-6-9-20)25(32)16-23(14-21-11-13-35-18-21)30-26(33)36-19-22-10-7-12-29-17-22/h4-13,17-18,23-25,32H,14-16,19H2,1-3H3,(H,30,33)(H,31,34)/t23-,24-,25-/m0/s1. The van der Waals surface area contributed by atoms with Crippen LogP contribution in [0.15, 0.2) is 77.9 Å². The summed E-state index contributed by atoms with van der Waals surface area (Å²) in [6, 6.07) is 13.8. The van der Waals surface area contributed by atoms with Crippen LogP contribution >= 0.6 is 0 Å². The number of alkyl carbamates (subject to hydrolysis) is 2. The van der Waals surface area contributed by atoms with Gasteiger partial charge in [-0.15, -0.1) is 0 Å². The number of ether oxygens (including phenoxy) is 2. The van der Waals surface area contributed by atoms with Gasteiger partial charge in [-0.25, -0.2) is 9.59 Å². The maximum absolute atomic E-state index is 12.6. The summed E-state index contributed by atoms with van der Waals surface area (Å²) >= 11 is 0. The molecule has 0 aliphatic rings. The first-order chi connectivity index (χ1) is 17.7. The van der Waals surface area contributed by atoms with Crippen LogP contribution < -0.4 is 10.6 Å². The van der Waals surface area contributed by atoms with E-state index >= 15 is 0 Å². The molecule has 3 rings (SSSR count). The minimum absolute atomic E-state index is 0.0670. The number of rotatable bonds is 11. The van der Waals surface area contributed by atoms with E-state index in [-0.39, 0.29) is 13.0 Å². The van der Waals surface area contributed by atoms with Crippen molar-refractivity contribution in [1.82, 2.24) is 15.6 Å². The molecule has 0 saturated heterocycles. The van der Waals surface area contributed by atoms with Gasteiger partial charge in [0.05, 0.1) is 24.7 Å². The van der Waals surface area contributed by atoms with Crippen LogP contribution in [0, 0.1) is 0 Å². The normalized spacial score (nSPS) is 13.7. The van der Waals surface area contributed by atoms with Crippen molar-refractivity contribution >= 4 is 12.2 Å². The maximum atomic E-state index is 12.6. The summed E-state index contributed by atoms with van der Waals surface area (Å²) in [7, 11) is 0. The molecule has 9 heteroatoms.